The molecule has 3 rings (SSSR count). The van der Waals surface area contributed by atoms with Crippen LogP contribution in [-0.4, -0.2) is 29.5 Å². The Morgan fingerprint density at radius 3 is 2.50 bits per heavy atom. The van der Waals surface area contributed by atoms with Gasteiger partial charge in [0.25, 0.3) is 11.8 Å². The number of halogens is 3. The lowest BCUT2D eigenvalue weighted by molar-refractivity contribution is -0.120. The molecule has 10 heteroatoms. The van der Waals surface area contributed by atoms with E-state index in [4.69, 9.17) is 30.4 Å². The molecule has 1 aliphatic rings. The van der Waals surface area contributed by atoms with Gasteiger partial charge in [0, 0.05) is 12.7 Å². The molecule has 2 amide bonds. The van der Waals surface area contributed by atoms with Gasteiger partial charge in [-0.15, -0.1) is 0 Å². The SMILES string of the molecule is [C-]#[N+]c1ccc(N2C(=O)C(C)(C)N(c3ccc(C(=O)NC)c(F)c3)C2=S)c(F)c1Cl. The fourth-order valence-corrected chi connectivity index (χ4v) is 3.91. The maximum atomic E-state index is 14.8. The summed E-state index contributed by atoms with van der Waals surface area (Å²) < 4.78 is 29.3. The molecule has 1 N–H and O–H groups in total. The lowest BCUT2D eigenvalue weighted by Gasteiger charge is -2.29. The van der Waals surface area contributed by atoms with E-state index in [9.17, 15) is 18.4 Å². The number of benzene rings is 2. The molecular weight excluding hydrogens is 434 g/mol. The molecule has 0 bridgehead atoms. The van der Waals surface area contributed by atoms with E-state index >= 15 is 0 Å². The molecule has 1 heterocycles. The average Bonchev–Trinajstić information content (AvgIpc) is 2.88. The van der Waals surface area contributed by atoms with Gasteiger partial charge in [0.05, 0.1) is 22.8 Å². The zero-order chi connectivity index (χ0) is 22.4. The zero-order valence-electron chi connectivity index (χ0n) is 16.1. The van der Waals surface area contributed by atoms with Crippen LogP contribution in [0.3, 0.4) is 0 Å². The summed E-state index contributed by atoms with van der Waals surface area (Å²) in [5.41, 5.74) is -1.54. The first-order valence-corrected chi connectivity index (χ1v) is 9.40. The fourth-order valence-electron chi connectivity index (χ4n) is 3.19. The van der Waals surface area contributed by atoms with Gasteiger partial charge in [-0.2, -0.15) is 0 Å². The number of amides is 2. The molecule has 0 radical (unpaired) electrons. The summed E-state index contributed by atoms with van der Waals surface area (Å²) in [5.74, 6) is -2.92. The van der Waals surface area contributed by atoms with Crippen LogP contribution < -0.4 is 15.1 Å². The molecule has 6 nitrogen and oxygen atoms in total. The van der Waals surface area contributed by atoms with Crippen LogP contribution in [0.4, 0.5) is 25.8 Å². The summed E-state index contributed by atoms with van der Waals surface area (Å²) in [6.45, 7) is 10.1. The third-order valence-corrected chi connectivity index (χ3v) is 5.48. The van der Waals surface area contributed by atoms with Crippen molar-refractivity contribution >= 4 is 57.8 Å². The molecule has 0 atom stereocenters. The minimum atomic E-state index is -1.28. The Morgan fingerprint density at radius 2 is 1.93 bits per heavy atom. The quantitative estimate of drug-likeness (QED) is 0.557. The molecule has 154 valence electrons. The number of anilines is 2. The first-order valence-electron chi connectivity index (χ1n) is 8.62. The summed E-state index contributed by atoms with van der Waals surface area (Å²) in [4.78, 5) is 30.3. The van der Waals surface area contributed by atoms with E-state index in [1.807, 2.05) is 0 Å². The van der Waals surface area contributed by atoms with Crippen LogP contribution in [0.1, 0.15) is 24.2 Å². The second kappa shape index (κ2) is 7.63. The van der Waals surface area contributed by atoms with Gasteiger partial charge in [0.1, 0.15) is 11.4 Å². The Kier molecular flexibility index (Phi) is 5.50. The van der Waals surface area contributed by atoms with Gasteiger partial charge >= 0.3 is 0 Å². The van der Waals surface area contributed by atoms with Gasteiger partial charge in [-0.1, -0.05) is 17.7 Å². The maximum Gasteiger partial charge on any atom is 0.259 e. The number of carbonyl (C=O) groups excluding carboxylic acids is 2. The van der Waals surface area contributed by atoms with E-state index in [-0.39, 0.29) is 27.7 Å². The predicted octanol–water partition coefficient (Wildman–Crippen LogP) is 4.45. The van der Waals surface area contributed by atoms with Gasteiger partial charge in [0.2, 0.25) is 5.69 Å². The molecule has 0 spiro atoms. The van der Waals surface area contributed by atoms with E-state index < -0.39 is 34.0 Å². The van der Waals surface area contributed by atoms with Crippen LogP contribution in [-0.2, 0) is 4.79 Å². The van der Waals surface area contributed by atoms with Gasteiger partial charge in [0.15, 0.2) is 10.9 Å². The fraction of sp³-hybridized carbons (Fsp3) is 0.200. The third-order valence-electron chi connectivity index (χ3n) is 4.75. The third kappa shape index (κ3) is 3.18. The van der Waals surface area contributed by atoms with Gasteiger partial charge in [-0.3, -0.25) is 14.5 Å². The van der Waals surface area contributed by atoms with Crippen molar-refractivity contribution in [2.24, 2.45) is 0 Å². The van der Waals surface area contributed by atoms with E-state index in [2.05, 4.69) is 10.2 Å². The highest BCUT2D eigenvalue weighted by Crippen LogP contribution is 2.40. The second-order valence-corrected chi connectivity index (χ2v) is 7.65. The van der Waals surface area contributed by atoms with Crippen molar-refractivity contribution in [3.8, 4) is 0 Å². The van der Waals surface area contributed by atoms with Crippen molar-refractivity contribution in [2.75, 3.05) is 16.8 Å². The molecule has 1 fully saturated rings. The zero-order valence-corrected chi connectivity index (χ0v) is 17.7. The van der Waals surface area contributed by atoms with Crippen molar-refractivity contribution in [2.45, 2.75) is 19.4 Å². The van der Waals surface area contributed by atoms with Crippen LogP contribution in [0.5, 0.6) is 0 Å². The molecule has 0 saturated carbocycles. The summed E-state index contributed by atoms with van der Waals surface area (Å²) in [6.07, 6.45) is 0. The van der Waals surface area contributed by atoms with E-state index in [1.165, 1.54) is 36.2 Å². The van der Waals surface area contributed by atoms with Crippen LogP contribution in [0, 0.1) is 18.2 Å². The van der Waals surface area contributed by atoms with Crippen LogP contribution >= 0.6 is 23.8 Å². The summed E-state index contributed by atoms with van der Waals surface area (Å²) >= 11 is 11.3. The monoisotopic (exact) mass is 448 g/mol. The van der Waals surface area contributed by atoms with Gasteiger partial charge in [-0.25, -0.2) is 13.6 Å². The maximum absolute atomic E-state index is 14.8. The number of thiocarbonyl (C=S) groups is 1. The Morgan fingerprint density at radius 1 is 1.27 bits per heavy atom. The number of rotatable bonds is 3. The standard InChI is InChI=1S/C20H15ClF2N4O2S/c1-20(2)18(29)26(14-8-7-13(24-3)15(21)16(14)23)19(30)27(20)10-5-6-11(12(22)9-10)17(28)25-4/h5-9H,1-2,4H3,(H,25,28). The first kappa shape index (κ1) is 21.6. The Labute approximate surface area is 181 Å². The molecule has 1 saturated heterocycles. The Bertz CT molecular complexity index is 1150. The predicted molar refractivity (Wildman–Crippen MR) is 114 cm³/mol. The largest absolute Gasteiger partial charge is 0.355 e. The van der Waals surface area contributed by atoms with E-state index in [0.29, 0.717) is 0 Å². The minimum Gasteiger partial charge on any atom is -0.355 e. The highest BCUT2D eigenvalue weighted by atomic mass is 35.5. The molecular formula is C20H15ClF2N4O2S. The molecule has 2 aromatic carbocycles. The van der Waals surface area contributed by atoms with E-state index in [1.54, 1.807) is 13.8 Å². The summed E-state index contributed by atoms with van der Waals surface area (Å²) in [6, 6.07) is 6.34. The number of nitrogens with zero attached hydrogens (tertiary/aromatic N) is 3. The Balaban J connectivity index is 2.10. The van der Waals surface area contributed by atoms with Crippen molar-refractivity contribution in [1.29, 1.82) is 0 Å². The highest BCUT2D eigenvalue weighted by molar-refractivity contribution is 7.81. The van der Waals surface area contributed by atoms with Crippen molar-refractivity contribution < 1.29 is 18.4 Å². The second-order valence-electron chi connectivity index (χ2n) is 6.90. The lowest BCUT2D eigenvalue weighted by atomic mass is 10.0. The molecule has 30 heavy (non-hydrogen) atoms. The molecule has 2 aromatic rings. The highest BCUT2D eigenvalue weighted by Gasteiger charge is 2.51. The molecule has 0 aromatic heterocycles. The summed E-state index contributed by atoms with van der Waals surface area (Å²) in [7, 11) is 1.38. The molecule has 0 unspecified atom stereocenters. The first-order chi connectivity index (χ1) is 14.1. The van der Waals surface area contributed by atoms with Crippen LogP contribution in [0.15, 0.2) is 30.3 Å². The van der Waals surface area contributed by atoms with Gasteiger partial charge in [-0.05, 0) is 50.3 Å². The van der Waals surface area contributed by atoms with Crippen LogP contribution in [0.25, 0.3) is 4.85 Å². The van der Waals surface area contributed by atoms with Crippen molar-refractivity contribution in [1.82, 2.24) is 5.32 Å². The van der Waals surface area contributed by atoms with E-state index in [0.717, 1.165) is 11.0 Å². The molecule has 1 aliphatic heterocycles. The topological polar surface area (TPSA) is 57.0 Å². The Hall–Kier alpha value is -3.09. The number of hydrogen-bond acceptors (Lipinski definition) is 3. The lowest BCUT2D eigenvalue weighted by Crippen LogP contribution is -2.44. The van der Waals surface area contributed by atoms with Gasteiger partial charge < -0.3 is 10.2 Å². The minimum absolute atomic E-state index is 0.0948. The van der Waals surface area contributed by atoms with Crippen molar-refractivity contribution in [3.05, 3.63) is 64.0 Å². The average molecular weight is 449 g/mol. The number of nitrogens with one attached hydrogen (secondary N) is 1. The summed E-state index contributed by atoms with van der Waals surface area (Å²) in [5, 5.41) is 1.82. The van der Waals surface area contributed by atoms with Crippen LogP contribution in [0.2, 0.25) is 5.02 Å². The smallest absolute Gasteiger partial charge is 0.259 e. The molecule has 0 aliphatic carbocycles. The number of hydrogen-bond donors (Lipinski definition) is 1. The van der Waals surface area contributed by atoms with Crippen molar-refractivity contribution in [3.63, 3.8) is 0 Å². The normalized spacial score (nSPS) is 15.4. The number of carbonyl (C=O) groups is 2.